The highest BCUT2D eigenvalue weighted by molar-refractivity contribution is 5.85. The summed E-state index contributed by atoms with van der Waals surface area (Å²) in [6.07, 6.45) is 0. The first-order chi connectivity index (χ1) is 10.4. The number of phenolic OH excluding ortho intramolecular Hbond substituents is 1. The maximum Gasteiger partial charge on any atom is 0.163 e. The van der Waals surface area contributed by atoms with Crippen LogP contribution < -0.4 is 10.1 Å². The number of halogens is 2. The third kappa shape index (κ3) is 4.67. The Morgan fingerprint density at radius 2 is 1.83 bits per heavy atom. The molecule has 1 aliphatic rings. The van der Waals surface area contributed by atoms with Gasteiger partial charge < -0.3 is 15.2 Å². The van der Waals surface area contributed by atoms with E-state index < -0.39 is 0 Å². The largest absolute Gasteiger partial charge is 0.504 e. The summed E-state index contributed by atoms with van der Waals surface area (Å²) in [4.78, 5) is 2.34. The second-order valence-electron chi connectivity index (χ2n) is 6.74. The Kier molecular flexibility index (Phi) is 8.87. The number of aromatic hydroxyl groups is 1. The highest BCUT2D eigenvalue weighted by atomic mass is 35.5. The molecule has 2 N–H and O–H groups in total. The number of benzene rings is 1. The third-order valence-corrected chi connectivity index (χ3v) is 4.13. The number of nitrogens with zero attached hydrogens (tertiary/aromatic N) is 2. The lowest BCUT2D eigenvalue weighted by Gasteiger charge is -2.43. The van der Waals surface area contributed by atoms with Gasteiger partial charge in [-0.1, -0.05) is 20.8 Å². The van der Waals surface area contributed by atoms with Gasteiger partial charge in [0.15, 0.2) is 11.5 Å². The first-order valence-electron chi connectivity index (χ1n) is 7.65. The van der Waals surface area contributed by atoms with Crippen LogP contribution in [0.25, 0.3) is 0 Å². The van der Waals surface area contributed by atoms with Crippen molar-refractivity contribution in [2.24, 2.45) is 5.41 Å². The van der Waals surface area contributed by atoms with E-state index in [1.54, 1.807) is 12.1 Å². The standard InChI is InChI=1S/C17H25N3O2.2ClH/c1-17(2,3)16(20-9-7-19-8-10-20)14-12(11-18)5-6-13(22-4)15(14)21;;/h5-6,16,19,21H,7-10H2,1-4H3;2*1H/t16-;;/m0../s1. The predicted molar refractivity (Wildman–Crippen MR) is 101 cm³/mol. The molecule has 0 amide bonds. The zero-order chi connectivity index (χ0) is 16.3. The zero-order valence-electron chi connectivity index (χ0n) is 14.6. The summed E-state index contributed by atoms with van der Waals surface area (Å²) in [5.74, 6) is 0.499. The molecule has 7 heteroatoms. The molecule has 1 aromatic rings. The van der Waals surface area contributed by atoms with Gasteiger partial charge in [-0.3, -0.25) is 4.90 Å². The average Bonchev–Trinajstić information content (AvgIpc) is 2.49. The van der Waals surface area contributed by atoms with Crippen LogP contribution in [0.5, 0.6) is 11.5 Å². The number of ether oxygens (including phenoxy) is 1. The summed E-state index contributed by atoms with van der Waals surface area (Å²) >= 11 is 0. The normalized spacial score (nSPS) is 16.3. The number of methoxy groups -OCH3 is 1. The molecule has 1 aliphatic heterocycles. The quantitative estimate of drug-likeness (QED) is 0.849. The maximum atomic E-state index is 10.6. The molecule has 136 valence electrons. The van der Waals surface area contributed by atoms with E-state index in [0.29, 0.717) is 16.9 Å². The van der Waals surface area contributed by atoms with E-state index >= 15 is 0 Å². The zero-order valence-corrected chi connectivity index (χ0v) is 16.3. The number of piperazine rings is 1. The van der Waals surface area contributed by atoms with Crippen LogP contribution in [0, 0.1) is 16.7 Å². The smallest absolute Gasteiger partial charge is 0.163 e. The van der Waals surface area contributed by atoms with Crippen LogP contribution in [0.2, 0.25) is 0 Å². The fourth-order valence-electron chi connectivity index (χ4n) is 3.23. The minimum Gasteiger partial charge on any atom is -0.504 e. The van der Waals surface area contributed by atoms with Gasteiger partial charge in [0.05, 0.1) is 18.7 Å². The van der Waals surface area contributed by atoms with Gasteiger partial charge in [0.2, 0.25) is 0 Å². The number of hydrogen-bond donors (Lipinski definition) is 2. The number of hydrogen-bond acceptors (Lipinski definition) is 5. The molecule has 0 aliphatic carbocycles. The summed E-state index contributed by atoms with van der Waals surface area (Å²) in [6, 6.07) is 5.56. The summed E-state index contributed by atoms with van der Waals surface area (Å²) in [6.45, 7) is 10.0. The van der Waals surface area contributed by atoms with Crippen molar-refractivity contribution in [1.29, 1.82) is 5.26 Å². The van der Waals surface area contributed by atoms with Crippen molar-refractivity contribution < 1.29 is 9.84 Å². The number of nitriles is 1. The van der Waals surface area contributed by atoms with Crippen molar-refractivity contribution in [3.8, 4) is 17.6 Å². The molecular formula is C17H27Cl2N3O2. The second kappa shape index (κ2) is 9.33. The van der Waals surface area contributed by atoms with E-state index in [2.05, 4.69) is 37.1 Å². The Balaban J connectivity index is 0.00000264. The highest BCUT2D eigenvalue weighted by Gasteiger charge is 2.36. The molecule has 5 nitrogen and oxygen atoms in total. The molecule has 0 bridgehead atoms. The molecule has 2 rings (SSSR count). The summed E-state index contributed by atoms with van der Waals surface area (Å²) in [7, 11) is 1.53. The monoisotopic (exact) mass is 375 g/mol. The van der Waals surface area contributed by atoms with Crippen LogP contribution in [-0.2, 0) is 0 Å². The van der Waals surface area contributed by atoms with Crippen LogP contribution in [0.1, 0.15) is 37.9 Å². The lowest BCUT2D eigenvalue weighted by atomic mass is 9.79. The Morgan fingerprint density at radius 3 is 2.29 bits per heavy atom. The molecular weight excluding hydrogens is 349 g/mol. The summed E-state index contributed by atoms with van der Waals surface area (Å²) in [5, 5.41) is 23.5. The van der Waals surface area contributed by atoms with Gasteiger partial charge in [-0.2, -0.15) is 5.26 Å². The van der Waals surface area contributed by atoms with Gasteiger partial charge >= 0.3 is 0 Å². The molecule has 1 atom stereocenters. The van der Waals surface area contributed by atoms with E-state index in [4.69, 9.17) is 4.74 Å². The lowest BCUT2D eigenvalue weighted by Crippen LogP contribution is -2.48. The molecule has 1 aromatic carbocycles. The topological polar surface area (TPSA) is 68.5 Å². The molecule has 0 aromatic heterocycles. The van der Waals surface area contributed by atoms with Crippen molar-refractivity contribution in [2.45, 2.75) is 26.8 Å². The van der Waals surface area contributed by atoms with Crippen molar-refractivity contribution in [2.75, 3.05) is 33.3 Å². The van der Waals surface area contributed by atoms with Crippen LogP contribution >= 0.6 is 24.8 Å². The molecule has 1 saturated heterocycles. The Hall–Kier alpha value is -1.19. The molecule has 1 heterocycles. The van der Waals surface area contributed by atoms with E-state index in [9.17, 15) is 10.4 Å². The molecule has 1 fully saturated rings. The van der Waals surface area contributed by atoms with E-state index in [0.717, 1.165) is 26.2 Å². The summed E-state index contributed by atoms with van der Waals surface area (Å²) in [5.41, 5.74) is 1.07. The number of nitrogens with one attached hydrogen (secondary N) is 1. The van der Waals surface area contributed by atoms with Gasteiger partial charge in [-0.15, -0.1) is 24.8 Å². The summed E-state index contributed by atoms with van der Waals surface area (Å²) < 4.78 is 5.25. The Labute approximate surface area is 156 Å². The lowest BCUT2D eigenvalue weighted by molar-refractivity contribution is 0.0837. The molecule has 0 spiro atoms. The Bertz CT molecular complexity index is 576. The van der Waals surface area contributed by atoms with Crippen LogP contribution in [-0.4, -0.2) is 43.3 Å². The molecule has 0 radical (unpaired) electrons. The second-order valence-corrected chi connectivity index (χ2v) is 6.74. The Morgan fingerprint density at radius 1 is 1.25 bits per heavy atom. The van der Waals surface area contributed by atoms with E-state index in [-0.39, 0.29) is 42.0 Å². The van der Waals surface area contributed by atoms with Crippen molar-refractivity contribution in [1.82, 2.24) is 10.2 Å². The van der Waals surface area contributed by atoms with Gasteiger partial charge in [-0.05, 0) is 17.5 Å². The molecule has 24 heavy (non-hydrogen) atoms. The SMILES string of the molecule is COc1ccc(C#N)c([C@H](N2CCNCC2)C(C)(C)C)c1O.Cl.Cl. The van der Waals surface area contributed by atoms with Crippen molar-refractivity contribution in [3.05, 3.63) is 23.3 Å². The van der Waals surface area contributed by atoms with Gasteiger partial charge in [0.1, 0.15) is 0 Å². The van der Waals surface area contributed by atoms with E-state index in [1.807, 2.05) is 0 Å². The van der Waals surface area contributed by atoms with Gasteiger partial charge in [0, 0.05) is 37.8 Å². The fourth-order valence-corrected chi connectivity index (χ4v) is 3.23. The van der Waals surface area contributed by atoms with Crippen molar-refractivity contribution in [3.63, 3.8) is 0 Å². The number of rotatable bonds is 3. The van der Waals surface area contributed by atoms with Crippen LogP contribution in [0.4, 0.5) is 0 Å². The highest BCUT2D eigenvalue weighted by Crippen LogP contribution is 2.46. The van der Waals surface area contributed by atoms with Crippen LogP contribution in [0.15, 0.2) is 12.1 Å². The first-order valence-corrected chi connectivity index (χ1v) is 7.65. The van der Waals surface area contributed by atoms with Gasteiger partial charge in [0.25, 0.3) is 0 Å². The van der Waals surface area contributed by atoms with Crippen molar-refractivity contribution >= 4 is 24.8 Å². The van der Waals surface area contributed by atoms with E-state index in [1.165, 1.54) is 7.11 Å². The minimum absolute atomic E-state index is 0. The molecule has 0 unspecified atom stereocenters. The average molecular weight is 376 g/mol. The first kappa shape index (κ1) is 22.8. The maximum absolute atomic E-state index is 10.6. The predicted octanol–water partition coefficient (Wildman–Crippen LogP) is 3.11. The third-order valence-electron chi connectivity index (χ3n) is 4.13. The fraction of sp³-hybridized carbons (Fsp3) is 0.588. The minimum atomic E-state index is -0.118. The van der Waals surface area contributed by atoms with Crippen LogP contribution in [0.3, 0.4) is 0 Å². The number of phenols is 1. The molecule has 0 saturated carbocycles. The van der Waals surface area contributed by atoms with Gasteiger partial charge in [-0.25, -0.2) is 0 Å².